The smallest absolute Gasteiger partial charge is 0.432 e. The number of imidazole rings is 1. The van der Waals surface area contributed by atoms with Gasteiger partial charge in [-0.1, -0.05) is 5.92 Å². The summed E-state index contributed by atoms with van der Waals surface area (Å²) in [5.74, 6) is 5.30. The van der Waals surface area contributed by atoms with Crippen LogP contribution in [-0.2, 0) is 11.0 Å². The minimum atomic E-state index is -4.51. The second kappa shape index (κ2) is 7.12. The number of hydrogen-bond donors (Lipinski definition) is 2. The molecule has 2 aromatic rings. The molecule has 0 bridgehead atoms. The maximum Gasteiger partial charge on any atom is 0.432 e. The molecular weight excluding hydrogens is 347 g/mol. The van der Waals surface area contributed by atoms with Crippen molar-refractivity contribution in [2.24, 2.45) is 5.92 Å². The Morgan fingerprint density at radius 1 is 1.42 bits per heavy atom. The van der Waals surface area contributed by atoms with E-state index < -0.39 is 17.8 Å². The highest BCUT2D eigenvalue weighted by Crippen LogP contribution is 2.35. The number of carbonyl (C=O) groups is 1. The van der Waals surface area contributed by atoms with Crippen molar-refractivity contribution in [1.82, 2.24) is 9.97 Å². The Kier molecular flexibility index (Phi) is 4.89. The summed E-state index contributed by atoms with van der Waals surface area (Å²) in [5, 5.41) is 2.60. The van der Waals surface area contributed by atoms with Gasteiger partial charge >= 0.3 is 6.18 Å². The lowest BCUT2D eigenvalue weighted by molar-refractivity contribution is -0.140. The molecule has 0 aliphatic heterocycles. The number of nitrogens with one attached hydrogen (secondary N) is 2. The van der Waals surface area contributed by atoms with E-state index in [0.29, 0.717) is 29.5 Å². The first kappa shape index (κ1) is 17.9. The molecule has 0 unspecified atom stereocenters. The van der Waals surface area contributed by atoms with Crippen molar-refractivity contribution in [2.45, 2.75) is 25.9 Å². The molecule has 1 aliphatic rings. The Hall–Kier alpha value is -2.95. The lowest BCUT2D eigenvalue weighted by Gasteiger charge is -2.12. The SMILES string of the molecule is CC#CC(=O)Nc1cc(-c2ncc(C(F)(F)F)[nH]2)ccc1OCC1CC1. The number of rotatable bonds is 5. The summed E-state index contributed by atoms with van der Waals surface area (Å²) in [4.78, 5) is 17.8. The van der Waals surface area contributed by atoms with Crippen LogP contribution in [0.15, 0.2) is 24.4 Å². The number of benzene rings is 1. The molecule has 0 atom stereocenters. The highest BCUT2D eigenvalue weighted by Gasteiger charge is 2.33. The number of amides is 1. The van der Waals surface area contributed by atoms with E-state index in [1.165, 1.54) is 13.0 Å². The van der Waals surface area contributed by atoms with E-state index in [9.17, 15) is 18.0 Å². The molecule has 26 heavy (non-hydrogen) atoms. The summed E-state index contributed by atoms with van der Waals surface area (Å²) in [7, 11) is 0. The van der Waals surface area contributed by atoms with Gasteiger partial charge in [-0.05, 0) is 49.8 Å². The maximum absolute atomic E-state index is 12.7. The maximum atomic E-state index is 12.7. The number of ether oxygens (including phenoxy) is 1. The average Bonchev–Trinajstić information content (AvgIpc) is 3.25. The zero-order valence-corrected chi connectivity index (χ0v) is 13.9. The number of anilines is 1. The quantitative estimate of drug-likeness (QED) is 0.793. The number of aromatic nitrogens is 2. The molecule has 2 N–H and O–H groups in total. The molecule has 0 radical (unpaired) electrons. The number of aromatic amines is 1. The highest BCUT2D eigenvalue weighted by atomic mass is 19.4. The van der Waals surface area contributed by atoms with E-state index in [-0.39, 0.29) is 5.82 Å². The van der Waals surface area contributed by atoms with Crippen LogP contribution in [0.1, 0.15) is 25.5 Å². The van der Waals surface area contributed by atoms with E-state index in [1.807, 2.05) is 0 Å². The summed E-state index contributed by atoms with van der Waals surface area (Å²) >= 11 is 0. The topological polar surface area (TPSA) is 67.0 Å². The normalized spacial score (nSPS) is 13.7. The number of halogens is 3. The molecule has 1 heterocycles. The predicted molar refractivity (Wildman–Crippen MR) is 89.3 cm³/mol. The fraction of sp³-hybridized carbons (Fsp3) is 0.333. The summed E-state index contributed by atoms with van der Waals surface area (Å²) < 4.78 is 43.9. The lowest BCUT2D eigenvalue weighted by Crippen LogP contribution is -2.11. The molecule has 1 aromatic carbocycles. The van der Waals surface area contributed by atoms with E-state index in [1.54, 1.807) is 12.1 Å². The number of hydrogen-bond acceptors (Lipinski definition) is 3. The van der Waals surface area contributed by atoms with Crippen LogP contribution >= 0.6 is 0 Å². The second-order valence-corrected chi connectivity index (χ2v) is 5.94. The predicted octanol–water partition coefficient (Wildman–Crippen LogP) is 3.85. The first-order valence-corrected chi connectivity index (χ1v) is 8.00. The highest BCUT2D eigenvalue weighted by molar-refractivity contribution is 6.05. The Morgan fingerprint density at radius 2 is 2.19 bits per heavy atom. The Morgan fingerprint density at radius 3 is 2.81 bits per heavy atom. The van der Waals surface area contributed by atoms with Crippen LogP contribution in [0, 0.1) is 17.8 Å². The van der Waals surface area contributed by atoms with Gasteiger partial charge in [-0.25, -0.2) is 4.98 Å². The van der Waals surface area contributed by atoms with Gasteiger partial charge in [0.1, 0.15) is 17.3 Å². The summed E-state index contributed by atoms with van der Waals surface area (Å²) in [6, 6.07) is 4.70. The van der Waals surface area contributed by atoms with Crippen molar-refractivity contribution in [3.63, 3.8) is 0 Å². The number of H-pyrrole nitrogens is 1. The zero-order chi connectivity index (χ0) is 18.7. The van der Waals surface area contributed by atoms with Crippen molar-refractivity contribution in [3.05, 3.63) is 30.1 Å². The molecule has 1 amide bonds. The van der Waals surface area contributed by atoms with E-state index >= 15 is 0 Å². The van der Waals surface area contributed by atoms with Gasteiger partial charge in [0, 0.05) is 5.56 Å². The monoisotopic (exact) mass is 363 g/mol. The zero-order valence-electron chi connectivity index (χ0n) is 13.9. The molecule has 0 saturated heterocycles. The minimum absolute atomic E-state index is 0.0446. The first-order valence-electron chi connectivity index (χ1n) is 8.00. The van der Waals surface area contributed by atoms with Gasteiger partial charge in [-0.2, -0.15) is 13.2 Å². The average molecular weight is 363 g/mol. The van der Waals surface area contributed by atoms with Gasteiger partial charge in [0.2, 0.25) is 0 Å². The van der Waals surface area contributed by atoms with Crippen molar-refractivity contribution in [2.75, 3.05) is 11.9 Å². The fourth-order valence-corrected chi connectivity index (χ4v) is 2.27. The van der Waals surface area contributed by atoms with Gasteiger partial charge in [0.25, 0.3) is 5.91 Å². The summed E-state index contributed by atoms with van der Waals surface area (Å²) in [6.07, 6.45) is -1.57. The Bertz CT molecular complexity index is 874. The molecule has 0 spiro atoms. The molecule has 3 rings (SSSR count). The summed E-state index contributed by atoms with van der Waals surface area (Å²) in [6.45, 7) is 2.06. The molecule has 136 valence electrons. The minimum Gasteiger partial charge on any atom is -0.491 e. The second-order valence-electron chi connectivity index (χ2n) is 5.94. The van der Waals surface area contributed by atoms with Crippen LogP contribution in [0.4, 0.5) is 18.9 Å². The molecule has 1 saturated carbocycles. The fourth-order valence-electron chi connectivity index (χ4n) is 2.27. The van der Waals surface area contributed by atoms with Gasteiger partial charge in [-0.15, -0.1) is 0 Å². The first-order chi connectivity index (χ1) is 12.4. The molecule has 1 aromatic heterocycles. The summed E-state index contributed by atoms with van der Waals surface area (Å²) in [5.41, 5.74) is -0.219. The van der Waals surface area contributed by atoms with Gasteiger partial charge < -0.3 is 15.0 Å². The molecule has 8 heteroatoms. The Labute approximate surface area is 148 Å². The van der Waals surface area contributed by atoms with E-state index in [0.717, 1.165) is 19.0 Å². The number of nitrogens with zero attached hydrogens (tertiary/aromatic N) is 1. The van der Waals surface area contributed by atoms with Crippen LogP contribution in [0.5, 0.6) is 5.75 Å². The lowest BCUT2D eigenvalue weighted by atomic mass is 10.1. The third kappa shape index (κ3) is 4.36. The largest absolute Gasteiger partial charge is 0.491 e. The van der Waals surface area contributed by atoms with E-state index in [4.69, 9.17) is 4.74 Å². The van der Waals surface area contributed by atoms with Gasteiger partial charge in [0.05, 0.1) is 18.5 Å². The number of carbonyl (C=O) groups excluding carboxylic acids is 1. The van der Waals surface area contributed by atoms with Crippen LogP contribution < -0.4 is 10.1 Å². The van der Waals surface area contributed by atoms with Crippen molar-refractivity contribution in [1.29, 1.82) is 0 Å². The number of alkyl halides is 3. The van der Waals surface area contributed by atoms with Crippen LogP contribution in [0.3, 0.4) is 0 Å². The molecular formula is C18H16F3N3O2. The van der Waals surface area contributed by atoms with Crippen molar-refractivity contribution < 1.29 is 22.7 Å². The van der Waals surface area contributed by atoms with E-state index in [2.05, 4.69) is 27.1 Å². The van der Waals surface area contributed by atoms with Crippen molar-refractivity contribution >= 4 is 11.6 Å². The van der Waals surface area contributed by atoms with Crippen LogP contribution in [0.25, 0.3) is 11.4 Å². The van der Waals surface area contributed by atoms with Crippen LogP contribution in [0.2, 0.25) is 0 Å². The van der Waals surface area contributed by atoms with Crippen molar-refractivity contribution in [3.8, 4) is 29.0 Å². The molecule has 1 fully saturated rings. The van der Waals surface area contributed by atoms with Crippen LogP contribution in [-0.4, -0.2) is 22.5 Å². The Balaban J connectivity index is 1.89. The standard InChI is InChI=1S/C18H16F3N3O2/c1-2-3-16(25)23-13-8-12(6-7-14(13)26-10-11-4-5-11)17-22-9-15(24-17)18(19,20)21/h6-9,11H,4-5,10H2,1H3,(H,22,24)(H,23,25). The van der Waals surface area contributed by atoms with Gasteiger partial charge in [0.15, 0.2) is 0 Å². The third-order valence-corrected chi connectivity index (χ3v) is 3.79. The molecule has 1 aliphatic carbocycles. The molecule has 5 nitrogen and oxygen atoms in total. The third-order valence-electron chi connectivity index (χ3n) is 3.79. The van der Waals surface area contributed by atoms with Gasteiger partial charge in [-0.3, -0.25) is 4.79 Å².